The molecule has 5 nitrogen and oxygen atoms in total. The number of rotatable bonds is 9. The number of benzene rings is 2. The van der Waals surface area contributed by atoms with Crippen LogP contribution in [0.25, 0.3) is 10.9 Å². The molecule has 30 heavy (non-hydrogen) atoms. The third-order valence-electron chi connectivity index (χ3n) is 5.16. The first-order chi connectivity index (χ1) is 14.8. The average molecular weight is 396 g/mol. The monoisotopic (exact) mass is 395 g/mol. The molecule has 4 aromatic rings. The van der Waals surface area contributed by atoms with E-state index in [1.165, 1.54) is 22.0 Å². The summed E-state index contributed by atoms with van der Waals surface area (Å²) < 4.78 is 0. The second kappa shape index (κ2) is 9.73. The van der Waals surface area contributed by atoms with E-state index in [-0.39, 0.29) is 0 Å². The van der Waals surface area contributed by atoms with E-state index >= 15 is 0 Å². The molecule has 4 rings (SSSR count). The molecule has 5 heteroatoms. The Labute approximate surface area is 176 Å². The van der Waals surface area contributed by atoms with Gasteiger partial charge in [0.1, 0.15) is 0 Å². The normalized spacial score (nSPS) is 10.8. The highest BCUT2D eigenvalue weighted by Gasteiger charge is 2.03. The van der Waals surface area contributed by atoms with E-state index < -0.39 is 0 Å². The van der Waals surface area contributed by atoms with Crippen LogP contribution in [-0.4, -0.2) is 16.5 Å². The van der Waals surface area contributed by atoms with E-state index in [1.54, 1.807) is 6.20 Å². The van der Waals surface area contributed by atoms with Crippen LogP contribution in [0, 0.1) is 11.3 Å². The molecule has 3 N–H and O–H groups in total. The molecule has 2 aromatic heterocycles. The van der Waals surface area contributed by atoms with Crippen LogP contribution in [-0.2, 0) is 19.4 Å². The van der Waals surface area contributed by atoms with Gasteiger partial charge in [-0.15, -0.1) is 0 Å². The van der Waals surface area contributed by atoms with Gasteiger partial charge in [0.25, 0.3) is 0 Å². The van der Waals surface area contributed by atoms with Crippen molar-refractivity contribution in [2.24, 2.45) is 0 Å². The van der Waals surface area contributed by atoms with Crippen LogP contribution in [0.2, 0.25) is 0 Å². The van der Waals surface area contributed by atoms with Gasteiger partial charge in [-0.2, -0.15) is 5.26 Å². The Hall–Kier alpha value is -3.62. The molecular formula is C25H25N5. The Morgan fingerprint density at radius 1 is 0.967 bits per heavy atom. The summed E-state index contributed by atoms with van der Waals surface area (Å²) in [4.78, 5) is 7.68. The van der Waals surface area contributed by atoms with Crippen LogP contribution in [0.4, 0.5) is 11.4 Å². The van der Waals surface area contributed by atoms with Crippen LogP contribution in [0.15, 0.2) is 73.1 Å². The zero-order valence-electron chi connectivity index (χ0n) is 16.9. The highest BCUT2D eigenvalue weighted by molar-refractivity contribution is 5.83. The van der Waals surface area contributed by atoms with Gasteiger partial charge in [0, 0.05) is 41.2 Å². The number of aromatic nitrogens is 2. The van der Waals surface area contributed by atoms with E-state index in [0.717, 1.165) is 36.3 Å². The number of pyridine rings is 1. The maximum atomic E-state index is 8.61. The minimum Gasteiger partial charge on any atom is -0.361 e. The molecule has 0 saturated carbocycles. The summed E-state index contributed by atoms with van der Waals surface area (Å²) >= 11 is 0. The first-order valence-corrected chi connectivity index (χ1v) is 10.3. The number of anilines is 2. The minimum absolute atomic E-state index is 0.321. The summed E-state index contributed by atoms with van der Waals surface area (Å²) in [5, 5.41) is 16.4. The van der Waals surface area contributed by atoms with E-state index in [0.29, 0.717) is 13.1 Å². The first-order valence-electron chi connectivity index (χ1n) is 10.3. The topological polar surface area (TPSA) is 76.5 Å². The summed E-state index contributed by atoms with van der Waals surface area (Å²) in [7, 11) is 0. The van der Waals surface area contributed by atoms with Crippen LogP contribution in [0.5, 0.6) is 0 Å². The molecule has 150 valence electrons. The number of para-hydroxylation sites is 1. The summed E-state index contributed by atoms with van der Waals surface area (Å²) in [5.74, 6) is 0. The zero-order chi connectivity index (χ0) is 20.6. The molecule has 0 bridgehead atoms. The van der Waals surface area contributed by atoms with Gasteiger partial charge in [0.15, 0.2) is 0 Å². The highest BCUT2D eigenvalue weighted by Crippen LogP contribution is 2.21. The molecular weight excluding hydrogens is 370 g/mol. The van der Waals surface area contributed by atoms with Crippen molar-refractivity contribution >= 4 is 22.3 Å². The van der Waals surface area contributed by atoms with E-state index in [4.69, 9.17) is 5.26 Å². The maximum Gasteiger partial charge on any atom is 0.0844 e. The van der Waals surface area contributed by atoms with Crippen molar-refractivity contribution in [3.8, 4) is 6.07 Å². The number of nitriles is 1. The lowest BCUT2D eigenvalue weighted by molar-refractivity contribution is 0.746. The molecule has 2 aromatic carbocycles. The number of aromatic amines is 1. The molecule has 0 aliphatic heterocycles. The Balaban J connectivity index is 1.30. The lowest BCUT2D eigenvalue weighted by Gasteiger charge is -2.09. The molecule has 2 heterocycles. The standard InChI is InChI=1S/C25H25N5/c26-13-15-27-18-23-16-22(12-14-28-23)30-21-10-8-19(9-11-21)4-3-5-20-17-29-25-7-2-1-6-24(20)25/h1-2,6-12,14,16-17,27,29H,3-5,15,18H2,(H,28,30). The second-order valence-corrected chi connectivity index (χ2v) is 7.33. The molecule has 0 spiro atoms. The third kappa shape index (κ3) is 5.05. The van der Waals surface area contributed by atoms with Crippen molar-refractivity contribution in [3.63, 3.8) is 0 Å². The van der Waals surface area contributed by atoms with Crippen LogP contribution in [0.3, 0.4) is 0 Å². The fraction of sp³-hybridized carbons (Fsp3) is 0.200. The fourth-order valence-corrected chi connectivity index (χ4v) is 3.64. The molecule has 0 fully saturated rings. The van der Waals surface area contributed by atoms with E-state index in [1.807, 2.05) is 12.1 Å². The molecule has 0 aliphatic rings. The van der Waals surface area contributed by atoms with Crippen molar-refractivity contribution in [3.05, 3.63) is 89.9 Å². The van der Waals surface area contributed by atoms with Gasteiger partial charge in [-0.1, -0.05) is 30.3 Å². The third-order valence-corrected chi connectivity index (χ3v) is 5.16. The number of nitrogens with one attached hydrogen (secondary N) is 3. The lowest BCUT2D eigenvalue weighted by atomic mass is 10.0. The van der Waals surface area contributed by atoms with Gasteiger partial charge < -0.3 is 10.3 Å². The molecule has 0 radical (unpaired) electrons. The van der Waals surface area contributed by atoms with Gasteiger partial charge >= 0.3 is 0 Å². The Bertz CT molecular complexity index is 1140. The smallest absolute Gasteiger partial charge is 0.0844 e. The second-order valence-electron chi connectivity index (χ2n) is 7.33. The summed E-state index contributed by atoms with van der Waals surface area (Å²) in [5.41, 5.74) is 6.90. The highest BCUT2D eigenvalue weighted by atomic mass is 14.9. The van der Waals surface area contributed by atoms with Gasteiger partial charge in [-0.3, -0.25) is 10.3 Å². The number of H-pyrrole nitrogens is 1. The van der Waals surface area contributed by atoms with Crippen LogP contribution < -0.4 is 10.6 Å². The summed E-state index contributed by atoms with van der Waals surface area (Å²) in [6.45, 7) is 0.902. The molecule has 0 saturated heterocycles. The van der Waals surface area contributed by atoms with Gasteiger partial charge in [-0.25, -0.2) is 0 Å². The summed E-state index contributed by atoms with van der Waals surface area (Å²) in [6, 6.07) is 23.1. The van der Waals surface area contributed by atoms with Gasteiger partial charge in [0.2, 0.25) is 0 Å². The molecule has 0 aliphatic carbocycles. The fourth-order valence-electron chi connectivity index (χ4n) is 3.64. The Morgan fingerprint density at radius 2 is 1.83 bits per heavy atom. The predicted octanol–water partition coefficient (Wildman–Crippen LogP) is 5.09. The van der Waals surface area contributed by atoms with Crippen LogP contribution >= 0.6 is 0 Å². The molecule has 0 atom stereocenters. The van der Waals surface area contributed by atoms with Crippen molar-refractivity contribution < 1.29 is 0 Å². The van der Waals surface area contributed by atoms with Crippen molar-refractivity contribution in [2.75, 3.05) is 11.9 Å². The number of nitrogens with zero attached hydrogens (tertiary/aromatic N) is 2. The number of hydrogen-bond donors (Lipinski definition) is 3. The van der Waals surface area contributed by atoms with Gasteiger partial charge in [-0.05, 0) is 60.7 Å². The minimum atomic E-state index is 0.321. The quantitative estimate of drug-likeness (QED) is 0.272. The maximum absolute atomic E-state index is 8.61. The SMILES string of the molecule is N#CCNCc1cc(Nc2ccc(CCCc3c[nH]c4ccccc34)cc2)ccn1. The Kier molecular flexibility index (Phi) is 6.38. The first kappa shape index (κ1) is 19.7. The molecule has 0 amide bonds. The van der Waals surface area contributed by atoms with E-state index in [9.17, 15) is 0 Å². The van der Waals surface area contributed by atoms with Crippen molar-refractivity contribution in [2.45, 2.75) is 25.8 Å². The van der Waals surface area contributed by atoms with Crippen molar-refractivity contribution in [1.82, 2.24) is 15.3 Å². The average Bonchev–Trinajstić information content (AvgIpc) is 3.19. The van der Waals surface area contributed by atoms with Crippen LogP contribution in [0.1, 0.15) is 23.2 Å². The lowest BCUT2D eigenvalue weighted by Crippen LogP contribution is -2.14. The van der Waals surface area contributed by atoms with E-state index in [2.05, 4.69) is 81.4 Å². The Morgan fingerprint density at radius 3 is 2.70 bits per heavy atom. The zero-order valence-corrected chi connectivity index (χ0v) is 16.9. The van der Waals surface area contributed by atoms with Crippen molar-refractivity contribution in [1.29, 1.82) is 5.26 Å². The molecule has 0 unspecified atom stereocenters. The van der Waals surface area contributed by atoms with Gasteiger partial charge in [0.05, 0.1) is 18.3 Å². The number of fused-ring (bicyclic) bond motifs is 1. The predicted molar refractivity (Wildman–Crippen MR) is 122 cm³/mol. The number of aryl methyl sites for hydroxylation is 2. The number of hydrogen-bond acceptors (Lipinski definition) is 4. The summed E-state index contributed by atoms with van der Waals surface area (Å²) in [6.07, 6.45) is 7.17. The largest absolute Gasteiger partial charge is 0.361 e.